The molecule has 2 unspecified atom stereocenters. The predicted molar refractivity (Wildman–Crippen MR) is 46.5 cm³/mol. The molecule has 2 bridgehead atoms. The van der Waals surface area contributed by atoms with E-state index in [1.807, 2.05) is 11.8 Å². The van der Waals surface area contributed by atoms with E-state index in [1.165, 1.54) is 0 Å². The molecule has 62 valence electrons. The molecular formula is C8H13NOS. The van der Waals surface area contributed by atoms with E-state index in [2.05, 4.69) is 0 Å². The monoisotopic (exact) mass is 171 g/mol. The molecule has 0 amide bonds. The average Bonchev–Trinajstić information content (AvgIpc) is 1.92. The maximum Gasteiger partial charge on any atom is 0.140 e. The first-order valence-electron chi connectivity index (χ1n) is 4.14. The second kappa shape index (κ2) is 2.79. The van der Waals surface area contributed by atoms with Crippen molar-refractivity contribution in [3.05, 3.63) is 0 Å². The number of nitrogens with two attached hydrogens (primary N) is 1. The molecule has 0 aromatic heterocycles. The van der Waals surface area contributed by atoms with Crippen molar-refractivity contribution in [3.63, 3.8) is 0 Å². The second-order valence-electron chi connectivity index (χ2n) is 3.57. The quantitative estimate of drug-likeness (QED) is 0.582. The number of Topliss-reactive ketones (excluding diaryl/α,β-unsaturated/α-hetero) is 1. The van der Waals surface area contributed by atoms with Crippen LogP contribution in [0.5, 0.6) is 0 Å². The van der Waals surface area contributed by atoms with E-state index in [-0.39, 0.29) is 0 Å². The lowest BCUT2D eigenvalue weighted by atomic mass is 9.79. The lowest BCUT2D eigenvalue weighted by molar-refractivity contribution is -0.128. The molecule has 2 N–H and O–H groups in total. The summed E-state index contributed by atoms with van der Waals surface area (Å²) in [6.07, 6.45) is 1.87. The van der Waals surface area contributed by atoms with Gasteiger partial charge in [0.25, 0.3) is 0 Å². The zero-order valence-corrected chi connectivity index (χ0v) is 7.27. The van der Waals surface area contributed by atoms with Crippen LogP contribution in [0, 0.1) is 11.8 Å². The zero-order chi connectivity index (χ0) is 7.84. The SMILES string of the molecule is NC1CC2CSCC(C1)C2=O. The third kappa shape index (κ3) is 1.32. The number of carbonyl (C=O) groups is 1. The van der Waals surface area contributed by atoms with Gasteiger partial charge in [-0.25, -0.2) is 0 Å². The van der Waals surface area contributed by atoms with Crippen LogP contribution in [0.4, 0.5) is 0 Å². The van der Waals surface area contributed by atoms with Crippen LogP contribution >= 0.6 is 11.8 Å². The molecule has 2 fully saturated rings. The van der Waals surface area contributed by atoms with Gasteiger partial charge >= 0.3 is 0 Å². The number of hydrogen-bond donors (Lipinski definition) is 1. The fourth-order valence-electron chi connectivity index (χ4n) is 2.05. The van der Waals surface area contributed by atoms with Crippen molar-refractivity contribution in [2.75, 3.05) is 11.5 Å². The van der Waals surface area contributed by atoms with E-state index >= 15 is 0 Å². The highest BCUT2D eigenvalue weighted by Crippen LogP contribution is 2.34. The van der Waals surface area contributed by atoms with Gasteiger partial charge in [0, 0.05) is 29.4 Å². The van der Waals surface area contributed by atoms with E-state index < -0.39 is 0 Å². The maximum absolute atomic E-state index is 11.5. The molecule has 2 atom stereocenters. The Balaban J connectivity index is 2.13. The lowest BCUT2D eigenvalue weighted by Gasteiger charge is -2.35. The fraction of sp³-hybridized carbons (Fsp3) is 0.875. The van der Waals surface area contributed by atoms with Gasteiger partial charge in [-0.1, -0.05) is 0 Å². The van der Waals surface area contributed by atoms with Gasteiger partial charge in [0.2, 0.25) is 0 Å². The highest BCUT2D eigenvalue weighted by Gasteiger charge is 2.37. The summed E-state index contributed by atoms with van der Waals surface area (Å²) >= 11 is 1.92. The highest BCUT2D eigenvalue weighted by atomic mass is 32.2. The Kier molecular flexibility index (Phi) is 1.93. The molecule has 0 aromatic rings. The number of hydrogen-bond acceptors (Lipinski definition) is 3. The molecule has 0 radical (unpaired) electrons. The van der Waals surface area contributed by atoms with Gasteiger partial charge in [-0.05, 0) is 12.8 Å². The van der Waals surface area contributed by atoms with Crippen molar-refractivity contribution < 1.29 is 4.79 Å². The molecular weight excluding hydrogens is 158 g/mol. The van der Waals surface area contributed by atoms with Crippen molar-refractivity contribution in [1.29, 1.82) is 0 Å². The van der Waals surface area contributed by atoms with Gasteiger partial charge in [-0.15, -0.1) is 0 Å². The molecule has 0 spiro atoms. The first-order valence-corrected chi connectivity index (χ1v) is 5.30. The Morgan fingerprint density at radius 3 is 2.36 bits per heavy atom. The summed E-state index contributed by atoms with van der Waals surface area (Å²) in [5.74, 6) is 3.11. The van der Waals surface area contributed by atoms with Crippen molar-refractivity contribution in [2.45, 2.75) is 18.9 Å². The smallest absolute Gasteiger partial charge is 0.140 e. The van der Waals surface area contributed by atoms with Gasteiger partial charge < -0.3 is 5.73 Å². The zero-order valence-electron chi connectivity index (χ0n) is 6.45. The van der Waals surface area contributed by atoms with Gasteiger partial charge in [-0.2, -0.15) is 11.8 Å². The molecule has 1 aliphatic heterocycles. The second-order valence-corrected chi connectivity index (χ2v) is 4.64. The van der Waals surface area contributed by atoms with Crippen LogP contribution in [0.3, 0.4) is 0 Å². The van der Waals surface area contributed by atoms with Crippen LogP contribution in [0.2, 0.25) is 0 Å². The molecule has 2 rings (SSSR count). The molecule has 0 aromatic carbocycles. The van der Waals surface area contributed by atoms with Gasteiger partial charge in [0.05, 0.1) is 0 Å². The molecule has 1 heterocycles. The number of carbonyl (C=O) groups excluding carboxylic acids is 1. The number of thioether (sulfide) groups is 1. The summed E-state index contributed by atoms with van der Waals surface area (Å²) in [4.78, 5) is 11.5. The third-order valence-corrected chi connectivity index (χ3v) is 3.89. The number of fused-ring (bicyclic) bond motifs is 2. The fourth-order valence-corrected chi connectivity index (χ4v) is 3.35. The largest absolute Gasteiger partial charge is 0.328 e. The Hall–Kier alpha value is -0.0200. The maximum atomic E-state index is 11.5. The molecule has 3 heteroatoms. The van der Waals surface area contributed by atoms with E-state index in [0.29, 0.717) is 23.7 Å². The van der Waals surface area contributed by atoms with Crippen LogP contribution in [0.25, 0.3) is 0 Å². The van der Waals surface area contributed by atoms with Crippen LogP contribution in [0.15, 0.2) is 0 Å². The number of rotatable bonds is 0. The van der Waals surface area contributed by atoms with Crippen LogP contribution in [0.1, 0.15) is 12.8 Å². The van der Waals surface area contributed by atoms with Gasteiger partial charge in [0.1, 0.15) is 5.78 Å². The summed E-state index contributed by atoms with van der Waals surface area (Å²) in [7, 11) is 0. The van der Waals surface area contributed by atoms with Crippen molar-refractivity contribution in [1.82, 2.24) is 0 Å². The van der Waals surface area contributed by atoms with Crippen molar-refractivity contribution in [3.8, 4) is 0 Å². The first kappa shape index (κ1) is 7.62. The first-order chi connectivity index (χ1) is 5.27. The van der Waals surface area contributed by atoms with Crippen LogP contribution in [-0.4, -0.2) is 23.3 Å². The topological polar surface area (TPSA) is 43.1 Å². The van der Waals surface area contributed by atoms with Crippen molar-refractivity contribution in [2.24, 2.45) is 17.6 Å². The summed E-state index contributed by atoms with van der Waals surface area (Å²) < 4.78 is 0. The van der Waals surface area contributed by atoms with E-state index in [0.717, 1.165) is 24.3 Å². The summed E-state index contributed by atoms with van der Waals surface area (Å²) in [6.45, 7) is 0. The minimum absolute atomic E-state index is 0.294. The van der Waals surface area contributed by atoms with Crippen LogP contribution in [-0.2, 0) is 4.79 Å². The Labute approximate surface area is 70.9 Å². The minimum Gasteiger partial charge on any atom is -0.328 e. The molecule has 1 aliphatic carbocycles. The molecule has 11 heavy (non-hydrogen) atoms. The Morgan fingerprint density at radius 2 is 1.82 bits per heavy atom. The normalized spacial score (nSPS) is 44.1. The minimum atomic E-state index is 0.294. The summed E-state index contributed by atoms with van der Waals surface area (Å²) in [6, 6.07) is 0.295. The summed E-state index contributed by atoms with van der Waals surface area (Å²) in [5.41, 5.74) is 5.83. The van der Waals surface area contributed by atoms with Crippen molar-refractivity contribution >= 4 is 17.5 Å². The number of ketones is 1. The predicted octanol–water partition coefficient (Wildman–Crippen LogP) is 0.656. The highest BCUT2D eigenvalue weighted by molar-refractivity contribution is 7.99. The molecule has 1 saturated carbocycles. The molecule has 2 aliphatic rings. The Bertz CT molecular complexity index is 167. The van der Waals surface area contributed by atoms with E-state index in [1.54, 1.807) is 0 Å². The summed E-state index contributed by atoms with van der Waals surface area (Å²) in [5, 5.41) is 0. The van der Waals surface area contributed by atoms with Gasteiger partial charge in [0.15, 0.2) is 0 Å². The molecule has 2 nitrogen and oxygen atoms in total. The molecule has 1 saturated heterocycles. The third-order valence-electron chi connectivity index (χ3n) is 2.62. The van der Waals surface area contributed by atoms with Crippen LogP contribution < -0.4 is 5.73 Å². The van der Waals surface area contributed by atoms with Gasteiger partial charge in [-0.3, -0.25) is 4.79 Å². The standard InChI is InChI=1S/C8H13NOS/c9-7-1-5-3-11-4-6(2-7)8(5)10/h5-7H,1-4,9H2. The van der Waals surface area contributed by atoms with E-state index in [4.69, 9.17) is 5.73 Å². The lowest BCUT2D eigenvalue weighted by Crippen LogP contribution is -2.44. The van der Waals surface area contributed by atoms with E-state index in [9.17, 15) is 4.79 Å². The Morgan fingerprint density at radius 1 is 1.27 bits per heavy atom. The average molecular weight is 171 g/mol.